The van der Waals surface area contributed by atoms with Crippen LogP contribution in [0.15, 0.2) is 54.6 Å². The van der Waals surface area contributed by atoms with Crippen LogP contribution in [-0.2, 0) is 19.1 Å². The molecule has 0 saturated carbocycles. The van der Waals surface area contributed by atoms with Crippen molar-refractivity contribution in [3.05, 3.63) is 77.0 Å². The number of anilines is 1. The van der Waals surface area contributed by atoms with E-state index < -0.39 is 11.7 Å². The number of halogens is 3. The molecule has 0 N–H and O–H groups in total. The molecule has 0 radical (unpaired) electrons. The minimum Gasteiger partial charge on any atom is -0.356 e. The van der Waals surface area contributed by atoms with Crippen LogP contribution >= 0.6 is 0 Å². The zero-order valence-electron chi connectivity index (χ0n) is 19.6. The molecule has 2 aromatic carbocycles. The molecular weight excluding hydrogens is 453 g/mol. The van der Waals surface area contributed by atoms with E-state index in [4.69, 9.17) is 9.97 Å². The monoisotopic (exact) mass is 480 g/mol. The molecule has 2 aliphatic heterocycles. The summed E-state index contributed by atoms with van der Waals surface area (Å²) in [5.41, 5.74) is 2.30. The summed E-state index contributed by atoms with van der Waals surface area (Å²) in [6.45, 7) is 4.84. The third-order valence-corrected chi connectivity index (χ3v) is 6.90. The molecule has 2 aliphatic rings. The number of amides is 1. The standard InChI is InChI=1S/C27H27F3N4O/c1-18-11-14-33(15-12-18)25-22-17-34(26(35)20-7-9-21(10-8-20)27(28,29)30)16-13-23(22)31-24(32-25)19-5-3-2-4-6-19/h2-10,18H,11-17H2,1H3. The van der Waals surface area contributed by atoms with Crippen LogP contribution in [0.4, 0.5) is 19.0 Å². The highest BCUT2D eigenvalue weighted by Crippen LogP contribution is 2.33. The summed E-state index contributed by atoms with van der Waals surface area (Å²) >= 11 is 0. The maximum Gasteiger partial charge on any atom is 0.416 e. The Balaban J connectivity index is 1.46. The van der Waals surface area contributed by atoms with Gasteiger partial charge in [0.2, 0.25) is 0 Å². The lowest BCUT2D eigenvalue weighted by atomic mass is 9.97. The van der Waals surface area contributed by atoms with Gasteiger partial charge in [0.25, 0.3) is 5.91 Å². The number of carbonyl (C=O) groups excluding carboxylic acids is 1. The van der Waals surface area contributed by atoms with Gasteiger partial charge in [-0.15, -0.1) is 0 Å². The molecule has 35 heavy (non-hydrogen) atoms. The van der Waals surface area contributed by atoms with Gasteiger partial charge in [0.1, 0.15) is 5.82 Å². The Labute approximate surface area is 202 Å². The molecule has 1 saturated heterocycles. The van der Waals surface area contributed by atoms with Crippen LogP contribution in [0, 0.1) is 5.92 Å². The minimum atomic E-state index is -4.43. The first-order valence-corrected chi connectivity index (χ1v) is 12.0. The summed E-state index contributed by atoms with van der Waals surface area (Å²) in [4.78, 5) is 27.0. The van der Waals surface area contributed by atoms with Gasteiger partial charge in [0, 0.05) is 42.7 Å². The van der Waals surface area contributed by atoms with Crippen molar-refractivity contribution < 1.29 is 18.0 Å². The number of piperidine rings is 1. The predicted octanol–water partition coefficient (Wildman–Crippen LogP) is 5.60. The number of benzene rings is 2. The summed E-state index contributed by atoms with van der Waals surface area (Å²) in [7, 11) is 0. The molecule has 3 aromatic rings. The van der Waals surface area contributed by atoms with Crippen LogP contribution in [0.2, 0.25) is 0 Å². The number of fused-ring (bicyclic) bond motifs is 1. The fourth-order valence-corrected chi connectivity index (χ4v) is 4.75. The Hall–Kier alpha value is -3.42. The van der Waals surface area contributed by atoms with E-state index in [0.717, 1.165) is 60.7 Å². The van der Waals surface area contributed by atoms with Gasteiger partial charge in [-0.25, -0.2) is 9.97 Å². The van der Waals surface area contributed by atoms with Crippen molar-refractivity contribution in [2.45, 2.75) is 38.9 Å². The SMILES string of the molecule is CC1CCN(c2nc(-c3ccccc3)nc3c2CN(C(=O)c2ccc(C(F)(F)F)cc2)CC3)CC1. The largest absolute Gasteiger partial charge is 0.416 e. The minimum absolute atomic E-state index is 0.247. The fourth-order valence-electron chi connectivity index (χ4n) is 4.75. The van der Waals surface area contributed by atoms with E-state index in [0.29, 0.717) is 31.3 Å². The first-order chi connectivity index (χ1) is 16.8. The number of rotatable bonds is 3. The lowest BCUT2D eigenvalue weighted by Gasteiger charge is -2.36. The molecular formula is C27H27F3N4O. The topological polar surface area (TPSA) is 49.3 Å². The molecule has 0 atom stereocenters. The summed E-state index contributed by atoms with van der Waals surface area (Å²) < 4.78 is 38.8. The second-order valence-electron chi connectivity index (χ2n) is 9.38. The molecule has 182 valence electrons. The molecule has 8 heteroatoms. The van der Waals surface area contributed by atoms with Crippen molar-refractivity contribution >= 4 is 11.7 Å². The highest BCUT2D eigenvalue weighted by atomic mass is 19.4. The fraction of sp³-hybridized carbons (Fsp3) is 0.370. The van der Waals surface area contributed by atoms with Crippen LogP contribution in [0.25, 0.3) is 11.4 Å². The number of hydrogen-bond acceptors (Lipinski definition) is 4. The predicted molar refractivity (Wildman–Crippen MR) is 128 cm³/mol. The summed E-state index contributed by atoms with van der Waals surface area (Å²) in [5.74, 6) is 1.93. The Kier molecular flexibility index (Phi) is 6.21. The van der Waals surface area contributed by atoms with Crippen LogP contribution in [-0.4, -0.2) is 40.4 Å². The summed E-state index contributed by atoms with van der Waals surface area (Å²) in [5, 5.41) is 0. The van der Waals surface area contributed by atoms with E-state index in [-0.39, 0.29) is 11.5 Å². The van der Waals surface area contributed by atoms with Crippen LogP contribution in [0.3, 0.4) is 0 Å². The molecule has 3 heterocycles. The van der Waals surface area contributed by atoms with Gasteiger partial charge in [-0.3, -0.25) is 4.79 Å². The Morgan fingerprint density at radius 1 is 0.943 bits per heavy atom. The van der Waals surface area contributed by atoms with E-state index in [2.05, 4.69) is 11.8 Å². The van der Waals surface area contributed by atoms with Crippen molar-refractivity contribution in [2.24, 2.45) is 5.92 Å². The molecule has 1 aromatic heterocycles. The van der Waals surface area contributed by atoms with Crippen LogP contribution < -0.4 is 4.90 Å². The van der Waals surface area contributed by atoms with Crippen molar-refractivity contribution in [1.82, 2.24) is 14.9 Å². The van der Waals surface area contributed by atoms with E-state index in [1.165, 1.54) is 12.1 Å². The zero-order valence-corrected chi connectivity index (χ0v) is 19.6. The third kappa shape index (κ3) is 4.88. The average Bonchev–Trinajstić information content (AvgIpc) is 2.88. The van der Waals surface area contributed by atoms with E-state index in [1.54, 1.807) is 4.90 Å². The lowest BCUT2D eigenvalue weighted by molar-refractivity contribution is -0.137. The van der Waals surface area contributed by atoms with Crippen LogP contribution in [0.5, 0.6) is 0 Å². The quantitative estimate of drug-likeness (QED) is 0.490. The van der Waals surface area contributed by atoms with E-state index in [1.807, 2.05) is 30.3 Å². The Morgan fingerprint density at radius 3 is 2.29 bits per heavy atom. The molecule has 0 bridgehead atoms. The van der Waals surface area contributed by atoms with Crippen molar-refractivity contribution in [1.29, 1.82) is 0 Å². The number of alkyl halides is 3. The second-order valence-corrected chi connectivity index (χ2v) is 9.38. The number of hydrogen-bond donors (Lipinski definition) is 0. The van der Waals surface area contributed by atoms with Gasteiger partial charge in [-0.2, -0.15) is 13.2 Å². The molecule has 5 nitrogen and oxygen atoms in total. The molecule has 1 amide bonds. The van der Waals surface area contributed by atoms with E-state index >= 15 is 0 Å². The molecule has 1 fully saturated rings. The molecule has 0 aliphatic carbocycles. The number of nitrogens with zero attached hydrogens (tertiary/aromatic N) is 4. The lowest BCUT2D eigenvalue weighted by Crippen LogP contribution is -2.40. The van der Waals surface area contributed by atoms with Gasteiger partial charge in [0.05, 0.1) is 17.8 Å². The Bertz CT molecular complexity index is 1200. The van der Waals surface area contributed by atoms with Gasteiger partial charge >= 0.3 is 6.18 Å². The third-order valence-electron chi connectivity index (χ3n) is 6.90. The molecule has 5 rings (SSSR count). The molecule has 0 spiro atoms. The maximum absolute atomic E-state index is 13.2. The highest BCUT2D eigenvalue weighted by molar-refractivity contribution is 5.94. The second kappa shape index (κ2) is 9.32. The smallest absolute Gasteiger partial charge is 0.356 e. The number of aromatic nitrogens is 2. The Morgan fingerprint density at radius 2 is 1.63 bits per heavy atom. The summed E-state index contributed by atoms with van der Waals surface area (Å²) in [6.07, 6.45) is -1.71. The van der Waals surface area contributed by atoms with Gasteiger partial charge in [0.15, 0.2) is 5.82 Å². The summed E-state index contributed by atoms with van der Waals surface area (Å²) in [6, 6.07) is 14.3. The van der Waals surface area contributed by atoms with Crippen molar-refractivity contribution in [3.8, 4) is 11.4 Å². The maximum atomic E-state index is 13.2. The van der Waals surface area contributed by atoms with E-state index in [9.17, 15) is 18.0 Å². The van der Waals surface area contributed by atoms with Gasteiger partial charge in [-0.1, -0.05) is 37.3 Å². The highest BCUT2D eigenvalue weighted by Gasteiger charge is 2.32. The average molecular weight is 481 g/mol. The molecule has 0 unspecified atom stereocenters. The first-order valence-electron chi connectivity index (χ1n) is 12.0. The van der Waals surface area contributed by atoms with Crippen LogP contribution in [0.1, 0.15) is 46.9 Å². The number of carbonyl (C=O) groups is 1. The van der Waals surface area contributed by atoms with Crippen molar-refractivity contribution in [3.63, 3.8) is 0 Å². The van der Waals surface area contributed by atoms with Gasteiger partial charge in [-0.05, 0) is 43.0 Å². The zero-order chi connectivity index (χ0) is 24.6. The van der Waals surface area contributed by atoms with Gasteiger partial charge < -0.3 is 9.80 Å². The first kappa shape index (κ1) is 23.3. The van der Waals surface area contributed by atoms with Crippen molar-refractivity contribution in [2.75, 3.05) is 24.5 Å². The normalized spacial score (nSPS) is 16.8.